The van der Waals surface area contributed by atoms with Crippen LogP contribution in [0.15, 0.2) is 12.1 Å². The average molecular weight is 393 g/mol. The monoisotopic (exact) mass is 392 g/mol. The second-order valence-corrected chi connectivity index (χ2v) is 9.15. The maximum atomic E-state index is 5.66. The van der Waals surface area contributed by atoms with Gasteiger partial charge in [0.25, 0.3) is 0 Å². The van der Waals surface area contributed by atoms with Gasteiger partial charge in [-0.15, -0.1) is 0 Å². The molecule has 0 saturated heterocycles. The molecule has 1 aromatic carbocycles. The first kappa shape index (κ1) is 21.0. The second-order valence-electron chi connectivity index (χ2n) is 8.42. The van der Waals surface area contributed by atoms with Crippen molar-refractivity contribution < 1.29 is 14.2 Å². The molecule has 2 fully saturated rings. The number of hydrogen-bond donors (Lipinski definition) is 1. The molecule has 0 aliphatic heterocycles. The summed E-state index contributed by atoms with van der Waals surface area (Å²) in [5, 5.41) is 0.648. The van der Waals surface area contributed by atoms with E-state index in [1.807, 2.05) is 0 Å². The Hall–Kier alpha value is -0.710. The van der Waals surface area contributed by atoms with Crippen LogP contribution in [0.2, 0.25) is 0 Å². The maximum absolute atomic E-state index is 5.66. The van der Waals surface area contributed by atoms with Gasteiger partial charge in [0.15, 0.2) is 0 Å². The number of benzene rings is 1. The molecule has 0 spiro atoms. The second kappa shape index (κ2) is 10.2. The van der Waals surface area contributed by atoms with Crippen LogP contribution in [-0.2, 0) is 22.7 Å². The summed E-state index contributed by atoms with van der Waals surface area (Å²) >= 11 is 4.67. The summed E-state index contributed by atoms with van der Waals surface area (Å²) in [6.07, 6.45) is 10.8. The van der Waals surface area contributed by atoms with Crippen molar-refractivity contribution in [2.75, 3.05) is 21.3 Å². The Morgan fingerprint density at radius 2 is 1.26 bits per heavy atom. The van der Waals surface area contributed by atoms with Crippen LogP contribution < -0.4 is 4.74 Å². The van der Waals surface area contributed by atoms with Crippen molar-refractivity contribution in [1.82, 2.24) is 0 Å². The van der Waals surface area contributed by atoms with Gasteiger partial charge in [-0.3, -0.25) is 0 Å². The van der Waals surface area contributed by atoms with Gasteiger partial charge in [-0.1, -0.05) is 0 Å². The average Bonchev–Trinajstić information content (AvgIpc) is 2.69. The highest BCUT2D eigenvalue weighted by atomic mass is 32.1. The normalized spacial score (nSPS) is 28.9. The topological polar surface area (TPSA) is 27.7 Å². The van der Waals surface area contributed by atoms with Crippen molar-refractivity contribution in [2.45, 2.75) is 75.7 Å². The van der Waals surface area contributed by atoms with Crippen LogP contribution in [0.3, 0.4) is 0 Å². The minimum absolute atomic E-state index is 0.579. The Kier molecular flexibility index (Phi) is 7.92. The zero-order valence-corrected chi connectivity index (χ0v) is 18.1. The van der Waals surface area contributed by atoms with Gasteiger partial charge in [0, 0.05) is 30.6 Å². The molecule has 2 aliphatic carbocycles. The lowest BCUT2D eigenvalue weighted by atomic mass is 9.69. The molecule has 0 atom stereocenters. The molecule has 27 heavy (non-hydrogen) atoms. The van der Waals surface area contributed by atoms with E-state index in [1.165, 1.54) is 56.9 Å². The van der Waals surface area contributed by atoms with E-state index in [2.05, 4.69) is 24.8 Å². The van der Waals surface area contributed by atoms with Crippen LogP contribution in [0.25, 0.3) is 0 Å². The molecule has 0 amide bonds. The Labute approximate surface area is 170 Å². The molecule has 2 aliphatic rings. The van der Waals surface area contributed by atoms with Gasteiger partial charge in [-0.25, -0.2) is 0 Å². The van der Waals surface area contributed by atoms with Gasteiger partial charge >= 0.3 is 0 Å². The predicted octanol–water partition coefficient (Wildman–Crippen LogP) is 5.75. The molecule has 0 bridgehead atoms. The molecule has 0 heterocycles. The van der Waals surface area contributed by atoms with Crippen molar-refractivity contribution >= 4 is 12.6 Å². The number of hydrogen-bond acceptors (Lipinski definition) is 4. The van der Waals surface area contributed by atoms with E-state index in [9.17, 15) is 0 Å². The summed E-state index contributed by atoms with van der Waals surface area (Å²) in [4.78, 5) is 0. The third-order valence-corrected chi connectivity index (χ3v) is 7.24. The molecular formula is C23H36O3S. The van der Waals surface area contributed by atoms with Crippen LogP contribution in [0, 0.1) is 11.8 Å². The Morgan fingerprint density at radius 3 is 1.70 bits per heavy atom. The van der Waals surface area contributed by atoms with E-state index in [0.29, 0.717) is 24.4 Å². The number of ether oxygens (including phenoxy) is 3. The molecule has 0 aromatic heterocycles. The van der Waals surface area contributed by atoms with E-state index in [-0.39, 0.29) is 0 Å². The summed E-state index contributed by atoms with van der Waals surface area (Å²) in [6, 6.07) is 4.61. The summed E-state index contributed by atoms with van der Waals surface area (Å²) in [5.41, 5.74) is 3.71. The van der Waals surface area contributed by atoms with Gasteiger partial charge < -0.3 is 14.2 Å². The molecule has 3 nitrogen and oxygen atoms in total. The van der Waals surface area contributed by atoms with E-state index in [0.717, 1.165) is 28.7 Å². The number of methoxy groups -OCH3 is 3. The summed E-state index contributed by atoms with van der Waals surface area (Å²) in [6.45, 7) is 1.16. The zero-order chi connectivity index (χ0) is 19.2. The lowest BCUT2D eigenvalue weighted by molar-refractivity contribution is 0.172. The quantitative estimate of drug-likeness (QED) is 0.599. The Balaban J connectivity index is 1.69. The molecule has 0 N–H and O–H groups in total. The molecule has 1 aromatic rings. The van der Waals surface area contributed by atoms with E-state index >= 15 is 0 Å². The fourth-order valence-electron chi connectivity index (χ4n) is 5.30. The van der Waals surface area contributed by atoms with Crippen LogP contribution in [0.1, 0.15) is 74.0 Å². The first-order chi connectivity index (χ1) is 13.2. The molecule has 0 unspecified atom stereocenters. The van der Waals surface area contributed by atoms with Crippen molar-refractivity contribution in [1.29, 1.82) is 0 Å². The highest BCUT2D eigenvalue weighted by Gasteiger charge is 2.31. The van der Waals surface area contributed by atoms with Crippen LogP contribution in [0.4, 0.5) is 0 Å². The SMILES string of the molecule is COCc1cc(C2CCC(C3CCC(S)CC3)CC2)cc(COC)c1OC. The molecule has 152 valence electrons. The highest BCUT2D eigenvalue weighted by molar-refractivity contribution is 7.80. The first-order valence-electron chi connectivity index (χ1n) is 10.5. The molecular weight excluding hydrogens is 356 g/mol. The lowest BCUT2D eigenvalue weighted by Crippen LogP contribution is -2.25. The number of rotatable bonds is 7. The fourth-order valence-corrected chi connectivity index (χ4v) is 5.60. The molecule has 2 saturated carbocycles. The van der Waals surface area contributed by atoms with Crippen molar-refractivity contribution in [2.24, 2.45) is 11.8 Å². The van der Waals surface area contributed by atoms with Gasteiger partial charge in [0.05, 0.1) is 20.3 Å². The van der Waals surface area contributed by atoms with Crippen LogP contribution in [0.5, 0.6) is 5.75 Å². The summed E-state index contributed by atoms with van der Waals surface area (Å²) in [5.74, 6) is 3.44. The Morgan fingerprint density at radius 1 is 0.778 bits per heavy atom. The smallest absolute Gasteiger partial charge is 0.129 e. The summed E-state index contributed by atoms with van der Waals surface area (Å²) < 4.78 is 16.5. The first-order valence-corrected chi connectivity index (χ1v) is 11.0. The van der Waals surface area contributed by atoms with E-state index < -0.39 is 0 Å². The van der Waals surface area contributed by atoms with E-state index in [1.54, 1.807) is 21.3 Å². The van der Waals surface area contributed by atoms with Gasteiger partial charge in [-0.2, -0.15) is 12.6 Å². The third-order valence-electron chi connectivity index (χ3n) is 6.72. The summed E-state index contributed by atoms with van der Waals surface area (Å²) in [7, 11) is 5.22. The predicted molar refractivity (Wildman–Crippen MR) is 114 cm³/mol. The minimum Gasteiger partial charge on any atom is -0.496 e. The maximum Gasteiger partial charge on any atom is 0.129 e. The van der Waals surface area contributed by atoms with Crippen LogP contribution in [-0.4, -0.2) is 26.6 Å². The van der Waals surface area contributed by atoms with E-state index in [4.69, 9.17) is 14.2 Å². The lowest BCUT2D eigenvalue weighted by Gasteiger charge is -2.37. The standard InChI is InChI=1S/C23H36O3S/c1-24-14-20-12-19(13-21(15-25-2)23(20)26-3)18-6-4-16(5-7-18)17-8-10-22(27)11-9-17/h12-13,16-18,22,27H,4-11,14-15H2,1-3H3. The zero-order valence-electron chi connectivity index (χ0n) is 17.2. The Bertz CT molecular complexity index is 560. The fraction of sp³-hybridized carbons (Fsp3) is 0.739. The molecule has 0 radical (unpaired) electrons. The van der Waals surface area contributed by atoms with Gasteiger partial charge in [0.1, 0.15) is 5.75 Å². The largest absolute Gasteiger partial charge is 0.496 e. The third kappa shape index (κ3) is 5.21. The number of thiol groups is 1. The van der Waals surface area contributed by atoms with Gasteiger partial charge in [0.2, 0.25) is 0 Å². The van der Waals surface area contributed by atoms with Crippen molar-refractivity contribution in [3.63, 3.8) is 0 Å². The highest BCUT2D eigenvalue weighted by Crippen LogP contribution is 2.44. The molecule has 4 heteroatoms. The molecule has 3 rings (SSSR count). The minimum atomic E-state index is 0.579. The van der Waals surface area contributed by atoms with Crippen molar-refractivity contribution in [3.8, 4) is 5.75 Å². The van der Waals surface area contributed by atoms with Crippen molar-refractivity contribution in [3.05, 3.63) is 28.8 Å². The van der Waals surface area contributed by atoms with Gasteiger partial charge in [-0.05, 0) is 86.8 Å². The van der Waals surface area contributed by atoms with Crippen LogP contribution >= 0.6 is 12.6 Å².